The average molecular weight is 418 g/mol. The Morgan fingerprint density at radius 3 is 2.68 bits per heavy atom. The van der Waals surface area contributed by atoms with Crippen molar-refractivity contribution in [1.29, 1.82) is 0 Å². The van der Waals surface area contributed by atoms with Gasteiger partial charge in [-0.05, 0) is 48.4 Å². The summed E-state index contributed by atoms with van der Waals surface area (Å²) in [7, 11) is 0. The molecule has 0 fully saturated rings. The Labute approximate surface area is 178 Å². The number of carbonyl (C=O) groups is 2. The molecule has 2 heterocycles. The fourth-order valence-electron chi connectivity index (χ4n) is 3.46. The minimum absolute atomic E-state index is 0.260. The number of urea groups is 1. The molecule has 4 rings (SSSR count). The highest BCUT2D eigenvalue weighted by Crippen LogP contribution is 2.29. The molecule has 2 aromatic carbocycles. The summed E-state index contributed by atoms with van der Waals surface area (Å²) in [5.74, 6) is -0.344. The van der Waals surface area contributed by atoms with Crippen LogP contribution in [0.3, 0.4) is 0 Å². The summed E-state index contributed by atoms with van der Waals surface area (Å²) in [6.07, 6.45) is 3.04. The Morgan fingerprint density at radius 2 is 2.00 bits per heavy atom. The SMILES string of the molecule is CC1=C(C(=O)Nc2ccc(N)c(CN)c2)C(c2ccc(-n3cncn3)cc2)NC(=O)N1. The van der Waals surface area contributed by atoms with E-state index < -0.39 is 6.04 Å². The first-order valence-corrected chi connectivity index (χ1v) is 9.59. The molecule has 0 radical (unpaired) electrons. The third-order valence-electron chi connectivity index (χ3n) is 5.04. The van der Waals surface area contributed by atoms with Crippen molar-refractivity contribution < 1.29 is 9.59 Å². The van der Waals surface area contributed by atoms with Gasteiger partial charge in [-0.25, -0.2) is 14.5 Å². The number of hydrogen-bond donors (Lipinski definition) is 5. The zero-order valence-corrected chi connectivity index (χ0v) is 16.8. The normalized spacial score (nSPS) is 15.9. The molecule has 7 N–H and O–H groups in total. The molecular weight excluding hydrogens is 396 g/mol. The average Bonchev–Trinajstić information content (AvgIpc) is 3.29. The van der Waals surface area contributed by atoms with Crippen molar-refractivity contribution in [2.45, 2.75) is 19.5 Å². The minimum atomic E-state index is -0.624. The second-order valence-electron chi connectivity index (χ2n) is 7.07. The van der Waals surface area contributed by atoms with Gasteiger partial charge in [0.15, 0.2) is 0 Å². The number of carbonyl (C=O) groups excluding carboxylic acids is 2. The summed E-state index contributed by atoms with van der Waals surface area (Å²) >= 11 is 0. The number of nitrogens with zero attached hydrogens (tertiary/aromatic N) is 3. The van der Waals surface area contributed by atoms with E-state index >= 15 is 0 Å². The molecule has 1 aliphatic heterocycles. The molecule has 1 aromatic heterocycles. The van der Waals surface area contributed by atoms with Crippen LogP contribution in [-0.4, -0.2) is 26.7 Å². The number of allylic oxidation sites excluding steroid dienone is 1. The van der Waals surface area contributed by atoms with Gasteiger partial charge < -0.3 is 27.4 Å². The van der Waals surface area contributed by atoms with E-state index in [0.717, 1.165) is 16.8 Å². The van der Waals surface area contributed by atoms with E-state index in [0.29, 0.717) is 22.6 Å². The Balaban J connectivity index is 1.63. The summed E-state index contributed by atoms with van der Waals surface area (Å²) in [6.45, 7) is 1.95. The first kappa shape index (κ1) is 20.1. The number of nitrogen functional groups attached to an aromatic ring is 1. The maximum absolute atomic E-state index is 13.2. The van der Waals surface area contributed by atoms with Gasteiger partial charge in [-0.2, -0.15) is 5.10 Å². The standard InChI is InChI=1S/C21H22N8O2/c1-12-18(20(30)27-15-4-7-17(23)14(8-15)9-22)19(28-21(31)26-12)13-2-5-16(6-3-13)29-11-24-10-25-29/h2-8,10-11,19H,9,22-23H2,1H3,(H,27,30)(H2,26,28,31). The van der Waals surface area contributed by atoms with Gasteiger partial charge in [0, 0.05) is 23.6 Å². The zero-order chi connectivity index (χ0) is 22.0. The van der Waals surface area contributed by atoms with Gasteiger partial charge in [-0.3, -0.25) is 4.79 Å². The molecule has 1 unspecified atom stereocenters. The van der Waals surface area contributed by atoms with Gasteiger partial charge in [0.2, 0.25) is 0 Å². The van der Waals surface area contributed by atoms with Gasteiger partial charge in [-0.1, -0.05) is 12.1 Å². The Kier molecular flexibility index (Phi) is 5.37. The van der Waals surface area contributed by atoms with Crippen LogP contribution in [0, 0.1) is 0 Å². The fraction of sp³-hybridized carbons (Fsp3) is 0.143. The monoisotopic (exact) mass is 418 g/mol. The predicted octanol–water partition coefficient (Wildman–Crippen LogP) is 1.57. The lowest BCUT2D eigenvalue weighted by molar-refractivity contribution is -0.113. The Bertz CT molecular complexity index is 1150. The number of nitrogens with two attached hydrogens (primary N) is 2. The van der Waals surface area contributed by atoms with Crippen LogP contribution in [-0.2, 0) is 11.3 Å². The molecule has 3 aromatic rings. The van der Waals surface area contributed by atoms with Gasteiger partial charge in [0.05, 0.1) is 17.3 Å². The van der Waals surface area contributed by atoms with E-state index in [2.05, 4.69) is 26.0 Å². The predicted molar refractivity (Wildman–Crippen MR) is 116 cm³/mol. The molecule has 10 heteroatoms. The molecule has 0 saturated carbocycles. The van der Waals surface area contributed by atoms with Crippen molar-refractivity contribution >= 4 is 23.3 Å². The number of rotatable bonds is 5. The second kappa shape index (κ2) is 8.28. The van der Waals surface area contributed by atoms with E-state index in [1.165, 1.54) is 6.33 Å². The molecule has 158 valence electrons. The van der Waals surface area contributed by atoms with Crippen LogP contribution in [0.4, 0.5) is 16.2 Å². The van der Waals surface area contributed by atoms with Crippen LogP contribution in [0.2, 0.25) is 0 Å². The minimum Gasteiger partial charge on any atom is -0.398 e. The van der Waals surface area contributed by atoms with E-state index in [-0.39, 0.29) is 18.5 Å². The highest BCUT2D eigenvalue weighted by atomic mass is 16.2. The fourth-order valence-corrected chi connectivity index (χ4v) is 3.46. The maximum atomic E-state index is 13.2. The molecule has 0 bridgehead atoms. The van der Waals surface area contributed by atoms with E-state index in [1.54, 1.807) is 36.1 Å². The number of benzene rings is 2. The zero-order valence-electron chi connectivity index (χ0n) is 16.8. The van der Waals surface area contributed by atoms with Gasteiger partial charge in [0.25, 0.3) is 5.91 Å². The van der Waals surface area contributed by atoms with Crippen molar-refractivity contribution in [3.05, 3.63) is 77.5 Å². The van der Waals surface area contributed by atoms with Crippen LogP contribution in [0.25, 0.3) is 5.69 Å². The van der Waals surface area contributed by atoms with E-state index in [4.69, 9.17) is 11.5 Å². The van der Waals surface area contributed by atoms with Crippen LogP contribution in [0.1, 0.15) is 24.1 Å². The lowest BCUT2D eigenvalue weighted by Crippen LogP contribution is -2.46. The third kappa shape index (κ3) is 4.09. The van der Waals surface area contributed by atoms with Crippen LogP contribution < -0.4 is 27.4 Å². The van der Waals surface area contributed by atoms with Crippen molar-refractivity contribution in [3.63, 3.8) is 0 Å². The number of aromatic nitrogens is 3. The summed E-state index contributed by atoms with van der Waals surface area (Å²) < 4.78 is 1.62. The molecule has 3 amide bonds. The molecule has 0 spiro atoms. The largest absolute Gasteiger partial charge is 0.398 e. The number of amides is 3. The van der Waals surface area contributed by atoms with Crippen molar-refractivity contribution in [3.8, 4) is 5.69 Å². The number of hydrogen-bond acceptors (Lipinski definition) is 6. The quantitative estimate of drug-likeness (QED) is 0.397. The molecule has 0 saturated heterocycles. The first-order chi connectivity index (χ1) is 15.0. The topological polar surface area (TPSA) is 153 Å². The lowest BCUT2D eigenvalue weighted by atomic mass is 9.94. The highest BCUT2D eigenvalue weighted by Gasteiger charge is 2.31. The lowest BCUT2D eigenvalue weighted by Gasteiger charge is -2.29. The van der Waals surface area contributed by atoms with Crippen LogP contribution in [0.15, 0.2) is 66.4 Å². The molecule has 0 aliphatic carbocycles. The molecule has 1 aliphatic rings. The number of anilines is 2. The third-order valence-corrected chi connectivity index (χ3v) is 5.04. The summed E-state index contributed by atoms with van der Waals surface area (Å²) in [5.41, 5.74) is 15.9. The smallest absolute Gasteiger partial charge is 0.319 e. The molecule has 1 atom stereocenters. The second-order valence-corrected chi connectivity index (χ2v) is 7.07. The number of nitrogens with one attached hydrogen (secondary N) is 3. The Hall–Kier alpha value is -4.18. The molecule has 10 nitrogen and oxygen atoms in total. The van der Waals surface area contributed by atoms with Crippen molar-refractivity contribution in [2.24, 2.45) is 5.73 Å². The maximum Gasteiger partial charge on any atom is 0.319 e. The first-order valence-electron chi connectivity index (χ1n) is 9.59. The van der Waals surface area contributed by atoms with Gasteiger partial charge in [0.1, 0.15) is 12.7 Å². The van der Waals surface area contributed by atoms with Gasteiger partial charge in [-0.15, -0.1) is 0 Å². The summed E-state index contributed by atoms with van der Waals surface area (Å²) in [5, 5.41) is 12.5. The molecule has 31 heavy (non-hydrogen) atoms. The van der Waals surface area contributed by atoms with Crippen molar-refractivity contribution in [2.75, 3.05) is 11.1 Å². The summed E-state index contributed by atoms with van der Waals surface area (Å²) in [6, 6.07) is 11.5. The summed E-state index contributed by atoms with van der Waals surface area (Å²) in [4.78, 5) is 29.2. The van der Waals surface area contributed by atoms with Crippen molar-refractivity contribution in [1.82, 2.24) is 25.4 Å². The van der Waals surface area contributed by atoms with E-state index in [1.807, 2.05) is 24.3 Å². The molecular formula is C21H22N8O2. The highest BCUT2D eigenvalue weighted by molar-refractivity contribution is 6.06. The van der Waals surface area contributed by atoms with Gasteiger partial charge >= 0.3 is 6.03 Å². The Morgan fingerprint density at radius 1 is 1.23 bits per heavy atom. The van der Waals surface area contributed by atoms with Crippen LogP contribution >= 0.6 is 0 Å². The van der Waals surface area contributed by atoms with E-state index in [9.17, 15) is 9.59 Å². The van der Waals surface area contributed by atoms with Crippen LogP contribution in [0.5, 0.6) is 0 Å².